The smallest absolute Gasteiger partial charge is 0.323 e. The van der Waals surface area contributed by atoms with Crippen LogP contribution in [0.2, 0.25) is 0 Å². The van der Waals surface area contributed by atoms with E-state index in [0.29, 0.717) is 42.4 Å². The SMILES string of the molecule is Cc1cc(OCc2cccc(C3C(C)C=CCC3C)c2)ccc1N1CCONS1(=O)=O. The van der Waals surface area contributed by atoms with Gasteiger partial charge in [0.25, 0.3) is 0 Å². The number of nitrogens with one attached hydrogen (secondary N) is 1. The van der Waals surface area contributed by atoms with Gasteiger partial charge in [0.05, 0.1) is 18.8 Å². The number of hydrogen-bond donors (Lipinski definition) is 1. The van der Waals surface area contributed by atoms with Crippen molar-refractivity contribution in [2.75, 3.05) is 17.5 Å². The molecule has 1 fully saturated rings. The van der Waals surface area contributed by atoms with Gasteiger partial charge in [-0.1, -0.05) is 55.2 Å². The highest BCUT2D eigenvalue weighted by molar-refractivity contribution is 7.90. The molecule has 0 aromatic heterocycles. The molecule has 4 rings (SSSR count). The first-order chi connectivity index (χ1) is 14.8. The maximum Gasteiger partial charge on any atom is 0.323 e. The van der Waals surface area contributed by atoms with Crippen molar-refractivity contribution in [1.82, 2.24) is 4.89 Å². The zero-order chi connectivity index (χ0) is 22.0. The van der Waals surface area contributed by atoms with Gasteiger partial charge in [-0.2, -0.15) is 8.42 Å². The van der Waals surface area contributed by atoms with Crippen LogP contribution in [0.25, 0.3) is 0 Å². The highest BCUT2D eigenvalue weighted by atomic mass is 32.2. The highest BCUT2D eigenvalue weighted by Gasteiger charge is 2.28. The fraction of sp³-hybridized carbons (Fsp3) is 0.417. The van der Waals surface area contributed by atoms with Crippen LogP contribution in [0.5, 0.6) is 5.75 Å². The molecule has 1 N–H and O–H groups in total. The molecule has 2 aromatic carbocycles. The van der Waals surface area contributed by atoms with Gasteiger partial charge < -0.3 is 4.74 Å². The largest absolute Gasteiger partial charge is 0.489 e. The van der Waals surface area contributed by atoms with Crippen LogP contribution in [0, 0.1) is 18.8 Å². The van der Waals surface area contributed by atoms with E-state index in [-0.39, 0.29) is 6.54 Å². The van der Waals surface area contributed by atoms with Gasteiger partial charge >= 0.3 is 10.2 Å². The normalized spacial score (nSPS) is 25.4. The topological polar surface area (TPSA) is 67.9 Å². The number of rotatable bonds is 5. The maximum absolute atomic E-state index is 12.2. The Kier molecular flexibility index (Phi) is 6.36. The Morgan fingerprint density at radius 1 is 1.19 bits per heavy atom. The van der Waals surface area contributed by atoms with E-state index in [0.717, 1.165) is 17.5 Å². The van der Waals surface area contributed by atoms with E-state index in [1.54, 1.807) is 6.07 Å². The lowest BCUT2D eigenvalue weighted by atomic mass is 9.73. The molecule has 3 unspecified atom stereocenters. The van der Waals surface area contributed by atoms with Crippen LogP contribution in [0.4, 0.5) is 5.69 Å². The molecule has 2 aromatic rings. The molecule has 1 aliphatic heterocycles. The summed E-state index contributed by atoms with van der Waals surface area (Å²) < 4.78 is 31.7. The Balaban J connectivity index is 1.46. The number of ether oxygens (including phenoxy) is 1. The fourth-order valence-corrected chi connectivity index (χ4v) is 5.74. The predicted octanol–water partition coefficient (Wildman–Crippen LogP) is 4.48. The van der Waals surface area contributed by atoms with E-state index in [9.17, 15) is 8.42 Å². The van der Waals surface area contributed by atoms with E-state index in [2.05, 4.69) is 55.2 Å². The summed E-state index contributed by atoms with van der Waals surface area (Å²) >= 11 is 0. The molecule has 1 aliphatic carbocycles. The third-order valence-electron chi connectivity index (χ3n) is 6.16. The number of benzene rings is 2. The van der Waals surface area contributed by atoms with Crippen LogP contribution in [0.15, 0.2) is 54.6 Å². The Hall–Kier alpha value is -2.35. The van der Waals surface area contributed by atoms with Crippen LogP contribution in [0.1, 0.15) is 42.9 Å². The fourth-order valence-electron chi connectivity index (χ4n) is 4.64. The van der Waals surface area contributed by atoms with Crippen molar-refractivity contribution < 1.29 is 18.0 Å². The third kappa shape index (κ3) is 4.79. The molecular formula is C24H30N2O4S. The van der Waals surface area contributed by atoms with Crippen LogP contribution in [-0.4, -0.2) is 21.6 Å². The van der Waals surface area contributed by atoms with Gasteiger partial charge in [-0.05, 0) is 66.0 Å². The van der Waals surface area contributed by atoms with Crippen molar-refractivity contribution in [1.29, 1.82) is 0 Å². The summed E-state index contributed by atoms with van der Waals surface area (Å²) in [5.41, 5.74) is 3.95. The quantitative estimate of drug-likeness (QED) is 0.694. The molecule has 0 radical (unpaired) electrons. The van der Waals surface area contributed by atoms with Crippen molar-refractivity contribution in [3.63, 3.8) is 0 Å². The van der Waals surface area contributed by atoms with E-state index < -0.39 is 10.2 Å². The summed E-state index contributed by atoms with van der Waals surface area (Å²) in [6, 6.07) is 14.1. The lowest BCUT2D eigenvalue weighted by molar-refractivity contribution is 0.0900. The molecule has 0 saturated carbocycles. The monoisotopic (exact) mass is 442 g/mol. The molecule has 1 heterocycles. The molecule has 3 atom stereocenters. The van der Waals surface area contributed by atoms with Gasteiger partial charge in [0.2, 0.25) is 0 Å². The Bertz CT molecular complexity index is 1070. The number of aryl methyl sites for hydroxylation is 1. The van der Waals surface area contributed by atoms with Crippen molar-refractivity contribution >= 4 is 15.9 Å². The molecule has 0 amide bonds. The minimum Gasteiger partial charge on any atom is -0.489 e. The molecular weight excluding hydrogens is 412 g/mol. The minimum absolute atomic E-state index is 0.274. The van der Waals surface area contributed by atoms with Crippen molar-refractivity contribution in [3.8, 4) is 5.75 Å². The van der Waals surface area contributed by atoms with Crippen molar-refractivity contribution in [2.24, 2.45) is 11.8 Å². The minimum atomic E-state index is -3.68. The summed E-state index contributed by atoms with van der Waals surface area (Å²) in [4.78, 5) is 6.94. The zero-order valence-corrected chi connectivity index (χ0v) is 19.1. The van der Waals surface area contributed by atoms with Gasteiger partial charge in [-0.15, -0.1) is 0 Å². The van der Waals surface area contributed by atoms with E-state index in [4.69, 9.17) is 9.57 Å². The van der Waals surface area contributed by atoms with Crippen LogP contribution in [-0.2, 0) is 21.7 Å². The molecule has 0 bridgehead atoms. The molecule has 7 heteroatoms. The van der Waals surface area contributed by atoms with Gasteiger partial charge in [0.1, 0.15) is 12.4 Å². The van der Waals surface area contributed by atoms with Gasteiger partial charge in [-0.25, -0.2) is 0 Å². The van der Waals surface area contributed by atoms with Gasteiger partial charge in [0.15, 0.2) is 0 Å². The number of hydrogen-bond acceptors (Lipinski definition) is 4. The van der Waals surface area contributed by atoms with Crippen LogP contribution < -0.4 is 13.9 Å². The van der Waals surface area contributed by atoms with Crippen molar-refractivity contribution in [2.45, 2.75) is 39.7 Å². The number of nitrogens with zero attached hydrogens (tertiary/aromatic N) is 1. The first-order valence-electron chi connectivity index (χ1n) is 10.8. The van der Waals surface area contributed by atoms with E-state index >= 15 is 0 Å². The van der Waals surface area contributed by atoms with Crippen LogP contribution >= 0.6 is 0 Å². The van der Waals surface area contributed by atoms with E-state index in [1.165, 1.54) is 9.87 Å². The third-order valence-corrected chi connectivity index (χ3v) is 7.44. The van der Waals surface area contributed by atoms with E-state index in [1.807, 2.05) is 19.1 Å². The highest BCUT2D eigenvalue weighted by Crippen LogP contribution is 2.38. The zero-order valence-electron chi connectivity index (χ0n) is 18.2. The van der Waals surface area contributed by atoms with Crippen molar-refractivity contribution in [3.05, 3.63) is 71.3 Å². The maximum atomic E-state index is 12.2. The van der Waals surface area contributed by atoms with Crippen LogP contribution in [0.3, 0.4) is 0 Å². The summed E-state index contributed by atoms with van der Waals surface area (Å²) in [7, 11) is -3.68. The second-order valence-corrected chi connectivity index (χ2v) is 10.1. The average molecular weight is 443 g/mol. The standard InChI is InChI=1S/C24H30N2O4S/c1-17-6-4-7-18(2)24(17)21-9-5-8-20(15-21)16-29-22-10-11-23(19(3)14-22)26-12-13-30-25-31(26,27)28/h4-6,8-11,14-15,17-18,24-25H,7,12-13,16H2,1-3H3. The lowest BCUT2D eigenvalue weighted by Crippen LogP contribution is -2.48. The summed E-state index contributed by atoms with van der Waals surface area (Å²) in [5.74, 6) is 2.39. The molecule has 2 aliphatic rings. The molecule has 166 valence electrons. The van der Waals surface area contributed by atoms with Gasteiger partial charge in [0, 0.05) is 0 Å². The summed E-state index contributed by atoms with van der Waals surface area (Å²) in [5, 5.41) is 0. The molecule has 0 spiro atoms. The Morgan fingerprint density at radius 2 is 2.03 bits per heavy atom. The molecule has 6 nitrogen and oxygen atoms in total. The summed E-state index contributed by atoms with van der Waals surface area (Å²) in [6.07, 6.45) is 5.74. The second-order valence-electron chi connectivity index (χ2n) is 8.52. The first kappa shape index (κ1) is 21.9. The predicted molar refractivity (Wildman–Crippen MR) is 122 cm³/mol. The Labute approximate surface area is 185 Å². The number of anilines is 1. The first-order valence-corrected chi connectivity index (χ1v) is 12.2. The summed E-state index contributed by atoms with van der Waals surface area (Å²) in [6.45, 7) is 7.52. The second kappa shape index (κ2) is 9.02. The average Bonchev–Trinajstić information content (AvgIpc) is 2.73. The lowest BCUT2D eigenvalue weighted by Gasteiger charge is -2.31. The number of allylic oxidation sites excluding steroid dienone is 2. The van der Waals surface area contributed by atoms with Gasteiger partial charge in [-0.3, -0.25) is 9.14 Å². The molecule has 1 saturated heterocycles. The Morgan fingerprint density at radius 3 is 2.77 bits per heavy atom. The molecule has 31 heavy (non-hydrogen) atoms.